The van der Waals surface area contributed by atoms with Crippen molar-refractivity contribution in [2.75, 3.05) is 13.1 Å². The molecule has 1 saturated heterocycles. The average molecular weight is 394 g/mol. The highest BCUT2D eigenvalue weighted by atomic mass is 32.2. The fraction of sp³-hybridized carbons (Fsp3) is 0.353. The molecule has 0 aliphatic carbocycles. The lowest BCUT2D eigenvalue weighted by Crippen LogP contribution is -2.44. The summed E-state index contributed by atoms with van der Waals surface area (Å²) in [5.41, 5.74) is 0.0592. The predicted molar refractivity (Wildman–Crippen MR) is 91.0 cm³/mol. The van der Waals surface area contributed by atoms with Crippen LogP contribution in [0.15, 0.2) is 30.6 Å². The number of nitriles is 1. The van der Waals surface area contributed by atoms with Crippen LogP contribution in [0.4, 0.5) is 8.78 Å². The molecular formula is C17H16F2N4O3S. The largest absolute Gasteiger partial charge is 0.471 e. The molecule has 0 radical (unpaired) electrons. The molecule has 7 nitrogen and oxygen atoms in total. The molecule has 1 aliphatic rings. The smallest absolute Gasteiger partial charge is 0.251 e. The summed E-state index contributed by atoms with van der Waals surface area (Å²) in [6.45, 7) is 0.340. The summed E-state index contributed by atoms with van der Waals surface area (Å²) in [6.07, 6.45) is 3.38. The molecule has 2 aromatic rings. The minimum absolute atomic E-state index is 0.0210. The van der Waals surface area contributed by atoms with Gasteiger partial charge in [-0.1, -0.05) is 0 Å². The minimum atomic E-state index is -3.79. The van der Waals surface area contributed by atoms with Gasteiger partial charge in [0.1, 0.15) is 23.8 Å². The molecule has 1 aromatic heterocycles. The van der Waals surface area contributed by atoms with Crippen LogP contribution in [0.1, 0.15) is 24.1 Å². The zero-order valence-electron chi connectivity index (χ0n) is 14.2. The van der Waals surface area contributed by atoms with Crippen LogP contribution in [0.3, 0.4) is 0 Å². The lowest BCUT2D eigenvalue weighted by Gasteiger charge is -2.31. The van der Waals surface area contributed by atoms with E-state index in [-0.39, 0.29) is 30.2 Å². The van der Waals surface area contributed by atoms with Crippen molar-refractivity contribution < 1.29 is 21.9 Å². The number of sulfonamides is 1. The first kappa shape index (κ1) is 19.1. The molecular weight excluding hydrogens is 378 g/mol. The van der Waals surface area contributed by atoms with E-state index < -0.39 is 33.5 Å². The van der Waals surface area contributed by atoms with E-state index >= 15 is 0 Å². The minimum Gasteiger partial charge on any atom is -0.471 e. The first-order valence-corrected chi connectivity index (χ1v) is 9.79. The van der Waals surface area contributed by atoms with Crippen molar-refractivity contribution in [2.45, 2.75) is 24.7 Å². The molecule has 2 heterocycles. The number of ether oxygens (including phenoxy) is 1. The molecule has 0 bridgehead atoms. The van der Waals surface area contributed by atoms with Gasteiger partial charge >= 0.3 is 0 Å². The second-order valence-corrected chi connectivity index (χ2v) is 8.06. The number of aromatic nitrogens is 2. The van der Waals surface area contributed by atoms with Gasteiger partial charge in [0.25, 0.3) is 5.88 Å². The van der Waals surface area contributed by atoms with Gasteiger partial charge in [-0.05, 0) is 30.5 Å². The SMILES string of the molecule is N#Cc1nccnc1OC1CCCN(S(=O)(=O)Cc2cc(F)cc(F)c2)C1. The summed E-state index contributed by atoms with van der Waals surface area (Å²) in [7, 11) is -3.79. The van der Waals surface area contributed by atoms with E-state index in [9.17, 15) is 17.2 Å². The average Bonchev–Trinajstić information content (AvgIpc) is 2.61. The van der Waals surface area contributed by atoms with E-state index in [2.05, 4.69) is 9.97 Å². The predicted octanol–water partition coefficient (Wildman–Crippen LogP) is 2.00. The molecule has 27 heavy (non-hydrogen) atoms. The highest BCUT2D eigenvalue weighted by molar-refractivity contribution is 7.88. The Morgan fingerprint density at radius 3 is 2.63 bits per heavy atom. The number of halogens is 2. The summed E-state index contributed by atoms with van der Waals surface area (Å²) in [5, 5.41) is 9.04. The van der Waals surface area contributed by atoms with Gasteiger partial charge in [-0.3, -0.25) is 0 Å². The van der Waals surface area contributed by atoms with Gasteiger partial charge in [0, 0.05) is 25.0 Å². The van der Waals surface area contributed by atoms with Crippen molar-refractivity contribution in [3.63, 3.8) is 0 Å². The van der Waals surface area contributed by atoms with Gasteiger partial charge in [-0.2, -0.15) is 9.57 Å². The summed E-state index contributed by atoms with van der Waals surface area (Å²) in [5.74, 6) is -2.11. The first-order chi connectivity index (χ1) is 12.9. The van der Waals surface area contributed by atoms with E-state index in [1.807, 2.05) is 6.07 Å². The quantitative estimate of drug-likeness (QED) is 0.770. The Hall–Kier alpha value is -2.64. The van der Waals surface area contributed by atoms with Crippen molar-refractivity contribution in [3.8, 4) is 11.9 Å². The van der Waals surface area contributed by atoms with E-state index in [0.717, 1.165) is 12.1 Å². The zero-order chi connectivity index (χ0) is 19.4. The third kappa shape index (κ3) is 4.75. The third-order valence-corrected chi connectivity index (χ3v) is 5.87. The molecule has 0 spiro atoms. The molecule has 1 fully saturated rings. The Balaban J connectivity index is 1.72. The second-order valence-electron chi connectivity index (χ2n) is 6.10. The standard InChI is InChI=1S/C17H16F2N4O3S/c18-13-6-12(7-14(19)8-13)11-27(24,25)23-5-1-2-15(10-23)26-17-16(9-20)21-3-4-22-17/h3-4,6-8,15H,1-2,5,10-11H2. The second kappa shape index (κ2) is 7.94. The number of hydrogen-bond donors (Lipinski definition) is 0. The molecule has 3 rings (SSSR count). The van der Waals surface area contributed by atoms with Gasteiger partial charge < -0.3 is 4.74 Å². The van der Waals surface area contributed by atoms with E-state index in [0.29, 0.717) is 18.9 Å². The molecule has 1 unspecified atom stereocenters. The van der Waals surface area contributed by atoms with Gasteiger partial charge in [0.05, 0.1) is 12.3 Å². The molecule has 1 atom stereocenters. The maximum Gasteiger partial charge on any atom is 0.251 e. The van der Waals surface area contributed by atoms with Gasteiger partial charge in [0.2, 0.25) is 15.7 Å². The molecule has 0 N–H and O–H groups in total. The summed E-state index contributed by atoms with van der Waals surface area (Å²) < 4.78 is 58.8. The normalized spacial score (nSPS) is 18.0. The highest BCUT2D eigenvalue weighted by Crippen LogP contribution is 2.22. The fourth-order valence-corrected chi connectivity index (χ4v) is 4.47. The third-order valence-electron chi connectivity index (χ3n) is 4.05. The molecule has 0 amide bonds. The van der Waals surface area contributed by atoms with Crippen LogP contribution in [0.25, 0.3) is 0 Å². The maximum atomic E-state index is 13.3. The lowest BCUT2D eigenvalue weighted by molar-refractivity contribution is 0.123. The summed E-state index contributed by atoms with van der Waals surface area (Å²) >= 11 is 0. The van der Waals surface area contributed by atoms with Crippen molar-refractivity contribution in [1.29, 1.82) is 5.26 Å². The topological polar surface area (TPSA) is 96.2 Å². The van der Waals surface area contributed by atoms with Crippen LogP contribution in [0, 0.1) is 23.0 Å². The number of nitrogens with zero attached hydrogens (tertiary/aromatic N) is 4. The Morgan fingerprint density at radius 1 is 1.22 bits per heavy atom. The monoisotopic (exact) mass is 394 g/mol. The molecule has 10 heteroatoms. The van der Waals surface area contributed by atoms with Crippen molar-refractivity contribution in [1.82, 2.24) is 14.3 Å². The zero-order valence-corrected chi connectivity index (χ0v) is 15.0. The van der Waals surface area contributed by atoms with E-state index in [1.54, 1.807) is 0 Å². The van der Waals surface area contributed by atoms with Gasteiger partial charge in [0.15, 0.2) is 0 Å². The van der Waals surface area contributed by atoms with E-state index in [1.165, 1.54) is 16.7 Å². The molecule has 1 aliphatic heterocycles. The summed E-state index contributed by atoms with van der Waals surface area (Å²) in [6, 6.07) is 4.55. The molecule has 1 aromatic carbocycles. The Morgan fingerprint density at radius 2 is 1.93 bits per heavy atom. The van der Waals surface area contributed by atoms with Crippen LogP contribution in [0.5, 0.6) is 5.88 Å². The van der Waals surface area contributed by atoms with Gasteiger partial charge in [-0.15, -0.1) is 0 Å². The maximum absolute atomic E-state index is 13.3. The number of piperidine rings is 1. The fourth-order valence-electron chi connectivity index (χ4n) is 2.90. The first-order valence-electron chi connectivity index (χ1n) is 8.18. The Bertz CT molecular complexity index is 958. The highest BCUT2D eigenvalue weighted by Gasteiger charge is 2.31. The number of benzene rings is 1. The molecule has 0 saturated carbocycles. The van der Waals surface area contributed by atoms with Crippen LogP contribution >= 0.6 is 0 Å². The Labute approximate surface area is 155 Å². The molecule has 142 valence electrons. The van der Waals surface area contributed by atoms with Crippen molar-refractivity contribution in [2.24, 2.45) is 0 Å². The summed E-state index contributed by atoms with van der Waals surface area (Å²) in [4.78, 5) is 7.81. The lowest BCUT2D eigenvalue weighted by atomic mass is 10.1. The van der Waals surface area contributed by atoms with Crippen LogP contribution in [-0.2, 0) is 15.8 Å². The van der Waals surface area contributed by atoms with E-state index in [4.69, 9.17) is 10.00 Å². The Kier molecular flexibility index (Phi) is 5.62. The van der Waals surface area contributed by atoms with Crippen LogP contribution in [-0.4, -0.2) is 41.9 Å². The number of rotatable bonds is 5. The van der Waals surface area contributed by atoms with Crippen LogP contribution < -0.4 is 4.74 Å². The van der Waals surface area contributed by atoms with Gasteiger partial charge in [-0.25, -0.2) is 27.2 Å². The van der Waals surface area contributed by atoms with Crippen molar-refractivity contribution >= 4 is 10.0 Å². The van der Waals surface area contributed by atoms with Crippen molar-refractivity contribution in [3.05, 3.63) is 53.5 Å². The number of hydrogen-bond acceptors (Lipinski definition) is 6. The van der Waals surface area contributed by atoms with Crippen LogP contribution in [0.2, 0.25) is 0 Å².